The van der Waals surface area contributed by atoms with Crippen molar-refractivity contribution >= 4 is 50.6 Å². The zero-order valence-corrected chi connectivity index (χ0v) is 19.9. The fraction of sp³-hybridized carbons (Fsp3) is 0.391. The molecule has 0 saturated carbocycles. The van der Waals surface area contributed by atoms with Gasteiger partial charge in [0.15, 0.2) is 22.3 Å². The molecule has 1 N–H and O–H groups in total. The first-order valence-corrected chi connectivity index (χ1v) is 13.0. The second kappa shape index (κ2) is 8.49. The lowest BCUT2D eigenvalue weighted by atomic mass is 9.97. The van der Waals surface area contributed by atoms with Gasteiger partial charge in [0.05, 0.1) is 11.1 Å². The summed E-state index contributed by atoms with van der Waals surface area (Å²) in [6, 6.07) is 5.42. The lowest BCUT2D eigenvalue weighted by Gasteiger charge is -2.18. The van der Waals surface area contributed by atoms with Gasteiger partial charge in [0, 0.05) is 23.1 Å². The van der Waals surface area contributed by atoms with Crippen LogP contribution in [0.4, 0.5) is 5.69 Å². The predicted molar refractivity (Wildman–Crippen MR) is 129 cm³/mol. The van der Waals surface area contributed by atoms with Crippen LogP contribution in [0.2, 0.25) is 0 Å². The number of hydrogen-bond acceptors (Lipinski definition) is 8. The number of carbonyl (C=O) groups excluding carboxylic acids is 1. The molecular formula is C23H23N5O3S2. The summed E-state index contributed by atoms with van der Waals surface area (Å²) in [5.74, 6) is 2.38. The first kappa shape index (κ1) is 20.7. The Morgan fingerprint density at radius 1 is 1.18 bits per heavy atom. The first-order chi connectivity index (χ1) is 16.2. The van der Waals surface area contributed by atoms with Crippen LogP contribution in [0, 0.1) is 0 Å². The second-order valence-electron chi connectivity index (χ2n) is 8.11. The molecule has 1 amide bonds. The minimum Gasteiger partial charge on any atom is -0.486 e. The predicted octanol–water partition coefficient (Wildman–Crippen LogP) is 4.28. The standard InChI is InChI=1S/C23H23N5O3S2/c1-2-18-25-22-20(14-5-3-4-6-17(14)33-22)21-26-27-23(28(18)21)32-12-19(29)24-13-7-8-15-16(11-13)31-10-9-30-15/h7-8,11H,2-6,9-10,12H2,1H3,(H,24,29). The number of aromatic nitrogens is 4. The van der Waals surface area contributed by atoms with Crippen molar-refractivity contribution in [3.63, 3.8) is 0 Å². The Balaban J connectivity index is 1.25. The summed E-state index contributed by atoms with van der Waals surface area (Å²) >= 11 is 3.18. The molecule has 3 aromatic heterocycles. The summed E-state index contributed by atoms with van der Waals surface area (Å²) in [4.78, 5) is 20.1. The SMILES string of the molecule is CCc1nc2sc3c(c2c2nnc(SCC(=O)Nc4ccc5c(c4)OCCO5)n12)CCCC3. The van der Waals surface area contributed by atoms with Gasteiger partial charge in [0.25, 0.3) is 0 Å². The van der Waals surface area contributed by atoms with Gasteiger partial charge in [-0.15, -0.1) is 21.5 Å². The van der Waals surface area contributed by atoms with E-state index in [4.69, 9.17) is 14.5 Å². The van der Waals surface area contributed by atoms with Crippen molar-refractivity contribution in [2.75, 3.05) is 24.3 Å². The Morgan fingerprint density at radius 2 is 2.03 bits per heavy atom. The summed E-state index contributed by atoms with van der Waals surface area (Å²) < 4.78 is 13.2. The number of aryl methyl sites for hydroxylation is 3. The number of hydrogen-bond donors (Lipinski definition) is 1. The Labute approximate surface area is 198 Å². The molecule has 0 saturated heterocycles. The van der Waals surface area contributed by atoms with Crippen LogP contribution < -0.4 is 14.8 Å². The van der Waals surface area contributed by atoms with Crippen molar-refractivity contribution in [3.8, 4) is 11.5 Å². The third-order valence-corrected chi connectivity index (χ3v) is 8.09. The van der Waals surface area contributed by atoms with Gasteiger partial charge in [-0.3, -0.25) is 9.20 Å². The molecule has 0 unspecified atom stereocenters. The number of nitrogens with one attached hydrogen (secondary N) is 1. The summed E-state index contributed by atoms with van der Waals surface area (Å²) in [5, 5.41) is 13.8. The fourth-order valence-corrected chi connectivity index (χ4v) is 6.50. The largest absolute Gasteiger partial charge is 0.486 e. The maximum absolute atomic E-state index is 12.7. The van der Waals surface area contributed by atoms with E-state index in [0.29, 0.717) is 35.6 Å². The molecule has 0 radical (unpaired) electrons. The van der Waals surface area contributed by atoms with Crippen molar-refractivity contribution < 1.29 is 14.3 Å². The molecule has 1 aliphatic carbocycles. The van der Waals surface area contributed by atoms with Gasteiger partial charge >= 0.3 is 0 Å². The molecule has 6 rings (SSSR count). The third kappa shape index (κ3) is 3.71. The highest BCUT2D eigenvalue weighted by Gasteiger charge is 2.23. The monoisotopic (exact) mass is 481 g/mol. The Kier molecular flexibility index (Phi) is 5.34. The molecule has 33 heavy (non-hydrogen) atoms. The molecule has 170 valence electrons. The zero-order chi connectivity index (χ0) is 22.4. The normalized spacial score (nSPS) is 15.1. The average Bonchev–Trinajstić information content (AvgIpc) is 3.43. The minimum absolute atomic E-state index is 0.117. The van der Waals surface area contributed by atoms with E-state index in [9.17, 15) is 4.79 Å². The Bertz CT molecular complexity index is 1380. The van der Waals surface area contributed by atoms with Crippen LogP contribution in [0.15, 0.2) is 23.4 Å². The van der Waals surface area contributed by atoms with Gasteiger partial charge in [-0.05, 0) is 43.4 Å². The van der Waals surface area contributed by atoms with Crippen LogP contribution in [0.3, 0.4) is 0 Å². The molecule has 10 heteroatoms. The van der Waals surface area contributed by atoms with Crippen molar-refractivity contribution in [2.45, 2.75) is 44.2 Å². The molecular weight excluding hydrogens is 458 g/mol. The fourth-order valence-electron chi connectivity index (χ4n) is 4.47. The van der Waals surface area contributed by atoms with Crippen LogP contribution in [0.25, 0.3) is 15.9 Å². The lowest BCUT2D eigenvalue weighted by Crippen LogP contribution is -2.17. The van der Waals surface area contributed by atoms with E-state index in [2.05, 4.69) is 22.4 Å². The molecule has 2 aliphatic rings. The minimum atomic E-state index is -0.117. The van der Waals surface area contributed by atoms with E-state index in [0.717, 1.165) is 41.0 Å². The molecule has 4 aromatic rings. The molecule has 8 nitrogen and oxygen atoms in total. The number of thioether (sulfide) groups is 1. The van der Waals surface area contributed by atoms with E-state index in [1.54, 1.807) is 17.4 Å². The number of ether oxygens (including phenoxy) is 2. The molecule has 1 aromatic carbocycles. The Morgan fingerprint density at radius 3 is 2.91 bits per heavy atom. The van der Waals surface area contributed by atoms with Gasteiger partial charge < -0.3 is 14.8 Å². The number of rotatable bonds is 5. The van der Waals surface area contributed by atoms with Crippen molar-refractivity contribution in [2.24, 2.45) is 0 Å². The first-order valence-electron chi connectivity index (χ1n) is 11.2. The molecule has 1 aliphatic heterocycles. The number of fused-ring (bicyclic) bond motifs is 6. The third-order valence-electron chi connectivity index (χ3n) is 5.97. The van der Waals surface area contributed by atoms with Crippen molar-refractivity contribution in [1.82, 2.24) is 19.6 Å². The summed E-state index contributed by atoms with van der Waals surface area (Å²) in [5.41, 5.74) is 2.94. The highest BCUT2D eigenvalue weighted by Crippen LogP contribution is 2.38. The number of thiophene rings is 1. The maximum Gasteiger partial charge on any atom is 0.234 e. The number of anilines is 1. The van der Waals surface area contributed by atoms with E-state index < -0.39 is 0 Å². The average molecular weight is 482 g/mol. The van der Waals surface area contributed by atoms with E-state index in [-0.39, 0.29) is 11.7 Å². The summed E-state index contributed by atoms with van der Waals surface area (Å²) in [6.45, 7) is 3.13. The van der Waals surface area contributed by atoms with Crippen LogP contribution in [-0.4, -0.2) is 44.5 Å². The topological polar surface area (TPSA) is 90.6 Å². The van der Waals surface area contributed by atoms with Crippen molar-refractivity contribution in [3.05, 3.63) is 34.5 Å². The summed E-state index contributed by atoms with van der Waals surface area (Å²) in [6.07, 6.45) is 5.41. The molecule has 0 spiro atoms. The number of amides is 1. The molecule has 4 heterocycles. The highest BCUT2D eigenvalue weighted by atomic mass is 32.2. The number of benzene rings is 1. The second-order valence-corrected chi connectivity index (χ2v) is 10.1. The quantitative estimate of drug-likeness (QED) is 0.426. The number of carbonyl (C=O) groups is 1. The highest BCUT2D eigenvalue weighted by molar-refractivity contribution is 7.99. The molecule has 0 bridgehead atoms. The van der Waals surface area contributed by atoms with E-state index in [1.165, 1.54) is 35.0 Å². The van der Waals surface area contributed by atoms with E-state index in [1.807, 2.05) is 16.5 Å². The van der Waals surface area contributed by atoms with Crippen LogP contribution in [0.5, 0.6) is 11.5 Å². The van der Waals surface area contributed by atoms with Crippen LogP contribution >= 0.6 is 23.1 Å². The number of nitrogens with zero attached hydrogens (tertiary/aromatic N) is 4. The van der Waals surface area contributed by atoms with Gasteiger partial charge in [-0.2, -0.15) is 0 Å². The summed E-state index contributed by atoms with van der Waals surface area (Å²) in [7, 11) is 0. The lowest BCUT2D eigenvalue weighted by molar-refractivity contribution is -0.113. The van der Waals surface area contributed by atoms with Crippen molar-refractivity contribution in [1.29, 1.82) is 0 Å². The zero-order valence-electron chi connectivity index (χ0n) is 18.2. The van der Waals surface area contributed by atoms with Gasteiger partial charge in [-0.1, -0.05) is 18.7 Å². The maximum atomic E-state index is 12.7. The van der Waals surface area contributed by atoms with E-state index >= 15 is 0 Å². The van der Waals surface area contributed by atoms with Crippen LogP contribution in [-0.2, 0) is 24.1 Å². The van der Waals surface area contributed by atoms with Gasteiger partial charge in [0.1, 0.15) is 23.9 Å². The van der Waals surface area contributed by atoms with Gasteiger partial charge in [-0.25, -0.2) is 4.98 Å². The Hall–Kier alpha value is -2.85. The molecule has 0 atom stereocenters. The smallest absolute Gasteiger partial charge is 0.234 e. The van der Waals surface area contributed by atoms with Crippen LogP contribution in [0.1, 0.15) is 36.0 Å². The van der Waals surface area contributed by atoms with Gasteiger partial charge in [0.2, 0.25) is 5.91 Å². The molecule has 0 fully saturated rings.